The topological polar surface area (TPSA) is 20.2 Å². The van der Waals surface area contributed by atoms with Crippen LogP contribution in [0.15, 0.2) is 35.5 Å². The minimum atomic E-state index is -1.14. The molecule has 18 heavy (non-hydrogen) atoms. The van der Waals surface area contributed by atoms with Crippen molar-refractivity contribution in [1.29, 1.82) is 0 Å². The number of fused-ring (bicyclic) bond motifs is 1. The highest BCUT2D eigenvalue weighted by Gasteiger charge is 2.18. The molecule has 0 spiro atoms. The van der Waals surface area contributed by atoms with Gasteiger partial charge in [-0.1, -0.05) is 55.2 Å². The van der Waals surface area contributed by atoms with Crippen molar-refractivity contribution in [1.82, 2.24) is 0 Å². The van der Waals surface area contributed by atoms with Gasteiger partial charge >= 0.3 is 0 Å². The Bertz CT molecular complexity index is 443. The lowest BCUT2D eigenvalue weighted by molar-refractivity contribution is 0.165. The Balaban J connectivity index is 2.23. The summed E-state index contributed by atoms with van der Waals surface area (Å²) in [4.78, 5) is 0. The normalized spacial score (nSPS) is 23.3. The third-order valence-electron chi connectivity index (χ3n) is 3.51. The van der Waals surface area contributed by atoms with Crippen molar-refractivity contribution in [3.05, 3.63) is 46.7 Å². The second-order valence-corrected chi connectivity index (χ2v) is 11.4. The second-order valence-electron chi connectivity index (χ2n) is 6.42. The Morgan fingerprint density at radius 3 is 2.56 bits per heavy atom. The zero-order chi connectivity index (χ0) is 13.2. The summed E-state index contributed by atoms with van der Waals surface area (Å²) >= 11 is 0. The predicted molar refractivity (Wildman–Crippen MR) is 80.4 cm³/mol. The number of hydrogen-bond donors (Lipinski definition) is 1. The van der Waals surface area contributed by atoms with Crippen LogP contribution >= 0.6 is 0 Å². The quantitative estimate of drug-likeness (QED) is 0.748. The summed E-state index contributed by atoms with van der Waals surface area (Å²) in [6, 6.07) is 8.35. The fourth-order valence-corrected chi connectivity index (χ4v) is 4.25. The Hall–Kier alpha value is -0.863. The second kappa shape index (κ2) is 5.41. The molecular weight excluding hydrogens is 236 g/mol. The van der Waals surface area contributed by atoms with E-state index in [1.165, 1.54) is 5.56 Å². The molecule has 1 unspecified atom stereocenters. The maximum Gasteiger partial charge on any atom is 0.0795 e. The van der Waals surface area contributed by atoms with Gasteiger partial charge in [0.25, 0.3) is 0 Å². The fourth-order valence-electron chi connectivity index (χ4n) is 2.74. The van der Waals surface area contributed by atoms with E-state index < -0.39 is 8.07 Å². The van der Waals surface area contributed by atoms with Crippen molar-refractivity contribution >= 4 is 8.07 Å². The van der Waals surface area contributed by atoms with Crippen LogP contribution in [0.4, 0.5) is 0 Å². The van der Waals surface area contributed by atoms with Gasteiger partial charge in [-0.15, -0.1) is 0 Å². The Kier molecular flexibility index (Phi) is 4.08. The molecule has 1 aliphatic carbocycles. The van der Waals surface area contributed by atoms with Crippen LogP contribution in [0.2, 0.25) is 19.6 Å². The summed E-state index contributed by atoms with van der Waals surface area (Å²) in [6.45, 7) is 7.13. The molecule has 0 amide bonds. The highest BCUT2D eigenvalue weighted by atomic mass is 28.3. The summed E-state index contributed by atoms with van der Waals surface area (Å²) in [6.07, 6.45) is 3.87. The van der Waals surface area contributed by atoms with Crippen LogP contribution in [0.5, 0.6) is 0 Å². The molecule has 0 aromatic heterocycles. The first-order chi connectivity index (χ1) is 8.46. The maximum absolute atomic E-state index is 10.3. The minimum absolute atomic E-state index is 0.286. The molecule has 98 valence electrons. The Morgan fingerprint density at radius 1 is 1.11 bits per heavy atom. The molecule has 0 radical (unpaired) electrons. The van der Waals surface area contributed by atoms with Crippen LogP contribution in [0.25, 0.3) is 0 Å². The number of benzene rings is 1. The fraction of sp³-hybridized carbons (Fsp3) is 0.500. The molecule has 1 N–H and O–H groups in total. The van der Waals surface area contributed by atoms with E-state index in [0.29, 0.717) is 0 Å². The van der Waals surface area contributed by atoms with E-state index in [1.807, 2.05) is 6.07 Å². The van der Waals surface area contributed by atoms with Gasteiger partial charge in [-0.25, -0.2) is 0 Å². The maximum atomic E-state index is 10.3. The Labute approximate surface area is 112 Å². The SMILES string of the molecule is C[Si](C)(C)/C=C1\CCc2ccccc2C(O)CC1. The molecule has 1 aromatic rings. The van der Waals surface area contributed by atoms with Crippen LogP contribution in [0, 0.1) is 0 Å². The van der Waals surface area contributed by atoms with Crippen molar-refractivity contribution in [2.24, 2.45) is 0 Å². The lowest BCUT2D eigenvalue weighted by Crippen LogP contribution is -2.18. The third kappa shape index (κ3) is 3.56. The van der Waals surface area contributed by atoms with Gasteiger partial charge in [0.2, 0.25) is 0 Å². The number of allylic oxidation sites excluding steroid dienone is 1. The number of aliphatic hydroxyl groups is 1. The smallest absolute Gasteiger partial charge is 0.0795 e. The molecular formula is C16H24OSi. The summed E-state index contributed by atoms with van der Waals surface area (Å²) in [7, 11) is -1.14. The van der Waals surface area contributed by atoms with Gasteiger partial charge in [0, 0.05) is 0 Å². The zero-order valence-corrected chi connectivity index (χ0v) is 12.7. The molecule has 0 saturated heterocycles. The van der Waals surface area contributed by atoms with Crippen molar-refractivity contribution in [2.75, 3.05) is 0 Å². The third-order valence-corrected chi connectivity index (χ3v) is 4.78. The first kappa shape index (κ1) is 13.6. The highest BCUT2D eigenvalue weighted by Crippen LogP contribution is 2.30. The van der Waals surface area contributed by atoms with Crippen LogP contribution in [0.3, 0.4) is 0 Å². The molecule has 0 bridgehead atoms. The average molecular weight is 260 g/mol. The predicted octanol–water partition coefficient (Wildman–Crippen LogP) is 4.25. The van der Waals surface area contributed by atoms with Crippen LogP contribution < -0.4 is 0 Å². The summed E-state index contributed by atoms with van der Waals surface area (Å²) < 4.78 is 0. The van der Waals surface area contributed by atoms with E-state index >= 15 is 0 Å². The summed E-state index contributed by atoms with van der Waals surface area (Å²) in [5.74, 6) is 0. The Morgan fingerprint density at radius 2 is 1.83 bits per heavy atom. The van der Waals surface area contributed by atoms with Gasteiger partial charge in [0.1, 0.15) is 0 Å². The molecule has 1 aliphatic rings. The minimum Gasteiger partial charge on any atom is -0.388 e. The number of aliphatic hydroxyl groups excluding tert-OH is 1. The van der Waals surface area contributed by atoms with Gasteiger partial charge in [-0.05, 0) is 36.8 Å². The van der Waals surface area contributed by atoms with Gasteiger partial charge in [0.05, 0.1) is 14.2 Å². The molecule has 0 heterocycles. The van der Waals surface area contributed by atoms with Crippen molar-refractivity contribution in [3.63, 3.8) is 0 Å². The largest absolute Gasteiger partial charge is 0.388 e. The lowest BCUT2D eigenvalue weighted by Gasteiger charge is -2.22. The van der Waals surface area contributed by atoms with Crippen LogP contribution in [-0.4, -0.2) is 13.2 Å². The number of rotatable bonds is 1. The molecule has 2 rings (SSSR count). The van der Waals surface area contributed by atoms with E-state index in [-0.39, 0.29) is 6.10 Å². The number of aryl methyl sites for hydroxylation is 1. The van der Waals surface area contributed by atoms with Crippen molar-refractivity contribution < 1.29 is 5.11 Å². The van der Waals surface area contributed by atoms with Gasteiger partial charge in [-0.3, -0.25) is 0 Å². The first-order valence-electron chi connectivity index (χ1n) is 6.92. The molecule has 1 aromatic carbocycles. The van der Waals surface area contributed by atoms with E-state index in [2.05, 4.69) is 43.5 Å². The van der Waals surface area contributed by atoms with E-state index in [1.54, 1.807) is 5.57 Å². The molecule has 0 fully saturated rings. The first-order valence-corrected chi connectivity index (χ1v) is 10.5. The van der Waals surface area contributed by atoms with E-state index in [4.69, 9.17) is 0 Å². The van der Waals surface area contributed by atoms with Gasteiger partial charge in [0.15, 0.2) is 0 Å². The van der Waals surface area contributed by atoms with E-state index in [9.17, 15) is 5.11 Å². The summed E-state index contributed by atoms with van der Waals surface area (Å²) in [5.41, 5.74) is 6.55. The van der Waals surface area contributed by atoms with E-state index in [0.717, 1.165) is 31.2 Å². The highest BCUT2D eigenvalue weighted by molar-refractivity contribution is 6.81. The van der Waals surface area contributed by atoms with Gasteiger partial charge in [-0.2, -0.15) is 0 Å². The summed E-state index contributed by atoms with van der Waals surface area (Å²) in [5, 5.41) is 10.3. The molecule has 1 nitrogen and oxygen atoms in total. The average Bonchev–Trinajstić information content (AvgIpc) is 2.29. The zero-order valence-electron chi connectivity index (χ0n) is 11.7. The molecule has 2 heteroatoms. The molecule has 0 aliphatic heterocycles. The standard InChI is InChI=1S/C16H24OSi/c1-18(2,3)12-13-8-10-14-6-4-5-7-15(14)16(17)11-9-13/h4-7,12,16-17H,8-11H2,1-3H3/b13-12+. The van der Waals surface area contributed by atoms with Crippen LogP contribution in [-0.2, 0) is 6.42 Å². The lowest BCUT2D eigenvalue weighted by atomic mass is 9.89. The van der Waals surface area contributed by atoms with Crippen molar-refractivity contribution in [2.45, 2.75) is 51.4 Å². The van der Waals surface area contributed by atoms with Crippen LogP contribution in [0.1, 0.15) is 36.5 Å². The van der Waals surface area contributed by atoms with Gasteiger partial charge < -0.3 is 5.11 Å². The molecule has 1 atom stereocenters. The number of hydrogen-bond acceptors (Lipinski definition) is 1. The monoisotopic (exact) mass is 260 g/mol. The van der Waals surface area contributed by atoms with Crippen molar-refractivity contribution in [3.8, 4) is 0 Å². The molecule has 0 saturated carbocycles.